The standard InChI is InChI=1S/C15H20BrN3OS/c1-2-10-5-7-15(8-6-10,14(17)21)19-13(20)12-4-3-11(16)9-18-12/h3-4,9-10H,2,5-8H2,1H3,(H2,17,21)(H,19,20). The molecule has 4 nitrogen and oxygen atoms in total. The molecule has 21 heavy (non-hydrogen) atoms. The van der Waals surface area contributed by atoms with Crippen LogP contribution in [-0.4, -0.2) is 21.4 Å². The second-order valence-electron chi connectivity index (χ2n) is 5.61. The zero-order chi connectivity index (χ0) is 15.5. The van der Waals surface area contributed by atoms with Gasteiger partial charge in [0.1, 0.15) is 5.69 Å². The van der Waals surface area contributed by atoms with E-state index in [9.17, 15) is 4.79 Å². The van der Waals surface area contributed by atoms with E-state index in [2.05, 4.69) is 33.2 Å². The van der Waals surface area contributed by atoms with E-state index in [0.29, 0.717) is 16.6 Å². The van der Waals surface area contributed by atoms with Gasteiger partial charge in [-0.25, -0.2) is 4.98 Å². The van der Waals surface area contributed by atoms with Gasteiger partial charge in [-0.05, 0) is 59.7 Å². The first kappa shape index (κ1) is 16.4. The van der Waals surface area contributed by atoms with E-state index in [1.807, 2.05) is 0 Å². The Kier molecular flexibility index (Phi) is 5.32. The second-order valence-corrected chi connectivity index (χ2v) is 6.97. The Morgan fingerprint density at radius 2 is 2.19 bits per heavy atom. The predicted octanol–water partition coefficient (Wildman–Crippen LogP) is 3.20. The molecule has 1 saturated carbocycles. The summed E-state index contributed by atoms with van der Waals surface area (Å²) in [7, 11) is 0. The quantitative estimate of drug-likeness (QED) is 0.799. The predicted molar refractivity (Wildman–Crippen MR) is 91.2 cm³/mol. The lowest BCUT2D eigenvalue weighted by Crippen LogP contribution is -2.58. The van der Waals surface area contributed by atoms with Crippen LogP contribution in [0, 0.1) is 5.92 Å². The molecular formula is C15H20BrN3OS. The summed E-state index contributed by atoms with van der Waals surface area (Å²) in [5, 5.41) is 3.03. The molecule has 3 N–H and O–H groups in total. The highest BCUT2D eigenvalue weighted by molar-refractivity contribution is 9.10. The number of thiocarbonyl (C=S) groups is 1. The number of hydrogen-bond donors (Lipinski definition) is 2. The third kappa shape index (κ3) is 3.80. The SMILES string of the molecule is CCC1CCC(NC(=O)c2ccc(Br)cn2)(C(N)=S)CC1. The van der Waals surface area contributed by atoms with Crippen LogP contribution in [0.15, 0.2) is 22.8 Å². The first-order valence-corrected chi connectivity index (χ1v) is 8.41. The number of nitrogens with zero attached hydrogens (tertiary/aromatic N) is 1. The van der Waals surface area contributed by atoms with E-state index in [1.165, 1.54) is 0 Å². The number of nitrogens with one attached hydrogen (secondary N) is 1. The molecule has 1 heterocycles. The van der Waals surface area contributed by atoms with Crippen LogP contribution in [0.4, 0.5) is 0 Å². The summed E-state index contributed by atoms with van der Waals surface area (Å²) in [6.07, 6.45) is 6.47. The summed E-state index contributed by atoms with van der Waals surface area (Å²) in [5.74, 6) is 0.487. The van der Waals surface area contributed by atoms with Crippen molar-refractivity contribution in [3.8, 4) is 0 Å². The number of amides is 1. The molecular weight excluding hydrogens is 350 g/mol. The van der Waals surface area contributed by atoms with Crippen molar-refractivity contribution in [1.29, 1.82) is 0 Å². The number of rotatable bonds is 4. The first-order chi connectivity index (χ1) is 9.97. The van der Waals surface area contributed by atoms with Crippen LogP contribution in [0.2, 0.25) is 0 Å². The highest BCUT2D eigenvalue weighted by Crippen LogP contribution is 2.34. The maximum Gasteiger partial charge on any atom is 0.270 e. The number of pyridine rings is 1. The van der Waals surface area contributed by atoms with E-state index in [4.69, 9.17) is 18.0 Å². The number of aromatic nitrogens is 1. The normalized spacial score (nSPS) is 25.3. The molecule has 1 aromatic rings. The van der Waals surface area contributed by atoms with Gasteiger partial charge in [-0.2, -0.15) is 0 Å². The molecule has 0 radical (unpaired) electrons. The van der Waals surface area contributed by atoms with Gasteiger partial charge in [0.2, 0.25) is 0 Å². The number of nitrogens with two attached hydrogens (primary N) is 1. The van der Waals surface area contributed by atoms with Gasteiger partial charge < -0.3 is 11.1 Å². The summed E-state index contributed by atoms with van der Waals surface area (Å²) in [6, 6.07) is 3.48. The van der Waals surface area contributed by atoms with E-state index in [1.54, 1.807) is 18.3 Å². The minimum absolute atomic E-state index is 0.217. The zero-order valence-electron chi connectivity index (χ0n) is 12.1. The van der Waals surface area contributed by atoms with Crippen LogP contribution in [0.1, 0.15) is 49.5 Å². The van der Waals surface area contributed by atoms with E-state index < -0.39 is 5.54 Å². The van der Waals surface area contributed by atoms with Crippen molar-refractivity contribution in [2.24, 2.45) is 11.7 Å². The molecule has 1 aliphatic carbocycles. The largest absolute Gasteiger partial charge is 0.391 e. The molecule has 1 aromatic heterocycles. The van der Waals surface area contributed by atoms with Gasteiger partial charge in [0.25, 0.3) is 5.91 Å². The minimum Gasteiger partial charge on any atom is -0.391 e. The van der Waals surface area contributed by atoms with Crippen molar-refractivity contribution in [3.05, 3.63) is 28.5 Å². The van der Waals surface area contributed by atoms with Gasteiger partial charge in [-0.15, -0.1) is 0 Å². The molecule has 0 unspecified atom stereocenters. The highest BCUT2D eigenvalue weighted by Gasteiger charge is 2.39. The van der Waals surface area contributed by atoms with Crippen LogP contribution >= 0.6 is 28.1 Å². The highest BCUT2D eigenvalue weighted by atomic mass is 79.9. The molecule has 1 aliphatic rings. The maximum atomic E-state index is 12.4. The van der Waals surface area contributed by atoms with Crippen molar-refractivity contribution in [1.82, 2.24) is 10.3 Å². The Morgan fingerprint density at radius 3 is 2.67 bits per heavy atom. The zero-order valence-corrected chi connectivity index (χ0v) is 14.5. The fourth-order valence-electron chi connectivity index (χ4n) is 2.80. The van der Waals surface area contributed by atoms with E-state index >= 15 is 0 Å². The van der Waals surface area contributed by atoms with Crippen LogP contribution in [0.3, 0.4) is 0 Å². The Bertz CT molecular complexity index is 524. The molecule has 0 aliphatic heterocycles. The molecule has 0 spiro atoms. The maximum absolute atomic E-state index is 12.4. The van der Waals surface area contributed by atoms with Crippen LogP contribution in [0.5, 0.6) is 0 Å². The van der Waals surface area contributed by atoms with Gasteiger partial charge in [0, 0.05) is 10.7 Å². The molecule has 0 atom stereocenters. The summed E-state index contributed by atoms with van der Waals surface area (Å²) < 4.78 is 0.839. The Hall–Kier alpha value is -1.01. The van der Waals surface area contributed by atoms with E-state index in [0.717, 1.165) is 36.6 Å². The lowest BCUT2D eigenvalue weighted by Gasteiger charge is -2.39. The first-order valence-electron chi connectivity index (χ1n) is 7.21. The van der Waals surface area contributed by atoms with Gasteiger partial charge in [-0.3, -0.25) is 4.79 Å². The van der Waals surface area contributed by atoms with Crippen LogP contribution in [-0.2, 0) is 0 Å². The summed E-state index contributed by atoms with van der Waals surface area (Å²) in [5.41, 5.74) is 5.75. The van der Waals surface area contributed by atoms with Crippen LogP contribution in [0.25, 0.3) is 0 Å². The molecule has 1 amide bonds. The molecule has 6 heteroatoms. The average Bonchev–Trinajstić information content (AvgIpc) is 2.48. The van der Waals surface area contributed by atoms with Crippen molar-refractivity contribution < 1.29 is 4.79 Å². The topological polar surface area (TPSA) is 68.0 Å². The molecule has 0 bridgehead atoms. The molecule has 0 saturated heterocycles. The van der Waals surface area contributed by atoms with Gasteiger partial charge >= 0.3 is 0 Å². The van der Waals surface area contributed by atoms with Gasteiger partial charge in [-0.1, -0.05) is 25.6 Å². The second kappa shape index (κ2) is 6.83. The van der Waals surface area contributed by atoms with Crippen molar-refractivity contribution >= 4 is 39.0 Å². The molecule has 1 fully saturated rings. The molecule has 114 valence electrons. The summed E-state index contributed by atoms with van der Waals surface area (Å²) in [6.45, 7) is 2.20. The lowest BCUT2D eigenvalue weighted by molar-refractivity contribution is 0.0893. The van der Waals surface area contributed by atoms with Gasteiger partial charge in [0.05, 0.1) is 10.5 Å². The third-order valence-electron chi connectivity index (χ3n) is 4.32. The fourth-order valence-corrected chi connectivity index (χ4v) is 3.29. The van der Waals surface area contributed by atoms with Gasteiger partial charge in [0.15, 0.2) is 0 Å². The third-order valence-corrected chi connectivity index (χ3v) is 5.18. The van der Waals surface area contributed by atoms with Crippen LogP contribution < -0.4 is 11.1 Å². The molecule has 2 rings (SSSR count). The Morgan fingerprint density at radius 1 is 1.52 bits per heavy atom. The average molecular weight is 370 g/mol. The molecule has 0 aromatic carbocycles. The van der Waals surface area contributed by atoms with E-state index in [-0.39, 0.29) is 5.91 Å². The Labute approximate surface area is 139 Å². The number of hydrogen-bond acceptors (Lipinski definition) is 3. The Balaban J connectivity index is 2.12. The van der Waals surface area contributed by atoms with Crippen molar-refractivity contribution in [2.45, 2.75) is 44.6 Å². The fraction of sp³-hybridized carbons (Fsp3) is 0.533. The number of carbonyl (C=O) groups excluding carboxylic acids is 1. The minimum atomic E-state index is -0.563. The number of carbonyl (C=O) groups is 1. The monoisotopic (exact) mass is 369 g/mol. The number of halogens is 1. The smallest absolute Gasteiger partial charge is 0.270 e. The van der Waals surface area contributed by atoms with Crippen molar-refractivity contribution in [2.75, 3.05) is 0 Å². The van der Waals surface area contributed by atoms with Crippen molar-refractivity contribution in [3.63, 3.8) is 0 Å². The summed E-state index contributed by atoms with van der Waals surface area (Å²) >= 11 is 8.53. The summed E-state index contributed by atoms with van der Waals surface area (Å²) in [4.78, 5) is 16.9. The lowest BCUT2D eigenvalue weighted by atomic mass is 9.75.